The molecule has 5 fully saturated rings. The van der Waals surface area contributed by atoms with Crippen LogP contribution in [0.15, 0.2) is 11.6 Å². The summed E-state index contributed by atoms with van der Waals surface area (Å²) in [5, 5.41) is 0. The molecule has 0 amide bonds. The average molecular weight is 744 g/mol. The fourth-order valence-corrected chi connectivity index (χ4v) is 11.3. The first-order valence-electron chi connectivity index (χ1n) is 18.2. The van der Waals surface area contributed by atoms with Gasteiger partial charge >= 0.3 is 11.9 Å². The van der Waals surface area contributed by atoms with Crippen molar-refractivity contribution in [1.29, 1.82) is 0 Å². The number of hydrogen-bond donors (Lipinski definition) is 0. The molecule has 0 aromatic carbocycles. The molecule has 0 radical (unpaired) electrons. The number of hydrogen-bond acceptors (Lipinski definition) is 11. The predicted molar refractivity (Wildman–Crippen MR) is 181 cm³/mol. The summed E-state index contributed by atoms with van der Waals surface area (Å²) in [7, 11) is 4.80. The summed E-state index contributed by atoms with van der Waals surface area (Å²) in [6.07, 6.45) is 1.93. The number of halogens is 2. The van der Waals surface area contributed by atoms with Crippen molar-refractivity contribution in [3.63, 3.8) is 0 Å². The maximum absolute atomic E-state index is 14.4. The molecule has 2 unspecified atom stereocenters. The molecule has 3 saturated carbocycles. The quantitative estimate of drug-likeness (QED) is 0.258. The van der Waals surface area contributed by atoms with Crippen molar-refractivity contribution in [2.75, 3.05) is 21.3 Å². The van der Waals surface area contributed by atoms with Crippen LogP contribution < -0.4 is 0 Å². The Kier molecular flexibility index (Phi) is 11.5. The van der Waals surface area contributed by atoms with E-state index in [4.69, 9.17) is 56.4 Å². The lowest BCUT2D eigenvalue weighted by atomic mass is 9.48. The minimum Gasteiger partial charge on any atom is -0.462 e. The second kappa shape index (κ2) is 15.0. The lowest BCUT2D eigenvalue weighted by Gasteiger charge is -2.59. The van der Waals surface area contributed by atoms with Gasteiger partial charge in [-0.05, 0) is 74.7 Å². The topological polar surface area (TPSA) is 133 Å². The number of rotatable bonds is 7. The molecule has 0 aromatic heterocycles. The maximum atomic E-state index is 14.4. The Morgan fingerprint density at radius 3 is 2.30 bits per heavy atom. The predicted octanol–water partition coefficient (Wildman–Crippen LogP) is 5.01. The number of ketones is 2. The number of cyclic esters (lactones) is 1. The van der Waals surface area contributed by atoms with Crippen molar-refractivity contribution in [1.82, 2.24) is 0 Å². The molecule has 0 aromatic rings. The highest BCUT2D eigenvalue weighted by Crippen LogP contribution is 2.69. The molecule has 280 valence electrons. The number of esters is 2. The maximum Gasteiger partial charge on any atom is 0.306 e. The zero-order valence-corrected chi connectivity index (χ0v) is 31.5. The summed E-state index contributed by atoms with van der Waals surface area (Å²) < 4.78 is 40.3. The van der Waals surface area contributed by atoms with Crippen LogP contribution in [0.4, 0.5) is 0 Å². The lowest BCUT2D eigenvalue weighted by Crippen LogP contribution is -2.66. The van der Waals surface area contributed by atoms with Gasteiger partial charge in [0.15, 0.2) is 22.2 Å². The number of allylic oxidation sites excluding steroid dienone is 2. The van der Waals surface area contributed by atoms with Gasteiger partial charge in [-0.2, -0.15) is 0 Å². The van der Waals surface area contributed by atoms with E-state index in [1.54, 1.807) is 28.3 Å². The number of ether oxygens (including phenoxy) is 7. The number of fused-ring (bicyclic) bond motifs is 8. The van der Waals surface area contributed by atoms with E-state index < -0.39 is 52.7 Å². The van der Waals surface area contributed by atoms with Crippen LogP contribution in [0.2, 0.25) is 0 Å². The molecule has 0 spiro atoms. The van der Waals surface area contributed by atoms with Crippen molar-refractivity contribution in [3.05, 3.63) is 11.6 Å². The van der Waals surface area contributed by atoms with E-state index in [0.717, 1.165) is 0 Å². The molecule has 16 atom stereocenters. The number of carbonyl (C=O) groups excluding carboxylic acids is 4. The summed E-state index contributed by atoms with van der Waals surface area (Å²) in [6, 6.07) is 0. The van der Waals surface area contributed by atoms with Gasteiger partial charge in [0.2, 0.25) is 0 Å². The Morgan fingerprint density at radius 1 is 0.980 bits per heavy atom. The van der Waals surface area contributed by atoms with Gasteiger partial charge in [0.05, 0.1) is 24.5 Å². The molecule has 2 heterocycles. The van der Waals surface area contributed by atoms with E-state index in [9.17, 15) is 19.2 Å². The smallest absolute Gasteiger partial charge is 0.306 e. The second-order valence-electron chi connectivity index (χ2n) is 15.2. The van der Waals surface area contributed by atoms with Crippen LogP contribution in [0, 0.1) is 47.3 Å². The highest BCUT2D eigenvalue weighted by molar-refractivity contribution is 6.60. The molecule has 50 heavy (non-hydrogen) atoms. The van der Waals surface area contributed by atoms with Crippen LogP contribution in [0.5, 0.6) is 0 Å². The molecule has 13 heteroatoms. The van der Waals surface area contributed by atoms with Crippen LogP contribution >= 0.6 is 23.2 Å². The number of carbonyl (C=O) groups is 4. The van der Waals surface area contributed by atoms with Crippen LogP contribution in [0.1, 0.15) is 72.6 Å². The monoisotopic (exact) mass is 742 g/mol. The molecule has 6 rings (SSSR count). The molecular weight excluding hydrogens is 691 g/mol. The first kappa shape index (κ1) is 38.1. The van der Waals surface area contributed by atoms with Gasteiger partial charge in [0.1, 0.15) is 30.5 Å². The van der Waals surface area contributed by atoms with Crippen LogP contribution in [0.25, 0.3) is 0 Å². The Hall–Kier alpha value is -1.60. The van der Waals surface area contributed by atoms with Crippen LogP contribution in [0.3, 0.4) is 0 Å². The minimum absolute atomic E-state index is 0.0225. The van der Waals surface area contributed by atoms with Gasteiger partial charge in [0, 0.05) is 46.0 Å². The number of Topliss-reactive ketones (excluding diaryl/α,β-unsaturated/α-hetero) is 2. The van der Waals surface area contributed by atoms with E-state index >= 15 is 0 Å². The molecule has 2 saturated heterocycles. The fourth-order valence-electron chi connectivity index (χ4n) is 10.5. The molecule has 2 aliphatic heterocycles. The van der Waals surface area contributed by atoms with Gasteiger partial charge in [-0.3, -0.25) is 19.2 Å². The van der Waals surface area contributed by atoms with Gasteiger partial charge in [-0.25, -0.2) is 0 Å². The standard InChI is InChI=1S/C37H52Cl2O11/c1-8-19-10-9-11-26(48-18(4)40)16(2)31(42)25-14-22-21-12-20(50-36-34(46-7)33(45-6)32(44-5)17(3)47-36)13-24(21)30-29(35(43)37(30,38)39)28(22)23(25)15-27(41)49-19/h14,16-17,19-24,26,28-30,32-34,36H,8-13,15H2,1-7H3/t16-,17?,19+,20+,21+,22+,23-,24-,26+,28-,29-,30+,32+,33?,34+,36+/m1/s1. The third kappa shape index (κ3) is 6.60. The summed E-state index contributed by atoms with van der Waals surface area (Å²) >= 11 is 13.7. The van der Waals surface area contributed by atoms with Crippen molar-refractivity contribution < 1.29 is 52.3 Å². The SMILES string of the molecule is CC[C@H]1CCC[C@H](OC(C)=O)[C@@H](C)C(=O)C2=C[C@H]3[C@@H]4C[C@H](O[C@@H]5OC(C)[C@H](OC)C(OC)[C@@H]5OC)C[C@H]4[C@H]4[C@H](C(=O)C4(Cl)Cl)[C@H]3[C@@H]2CC(=O)O1. The van der Waals surface area contributed by atoms with Gasteiger partial charge in [-0.1, -0.05) is 43.1 Å². The Balaban J connectivity index is 1.33. The number of methoxy groups -OCH3 is 3. The Morgan fingerprint density at radius 2 is 1.66 bits per heavy atom. The molecular formula is C37H52Cl2O11. The van der Waals surface area contributed by atoms with E-state index in [1.807, 2.05) is 19.9 Å². The summed E-state index contributed by atoms with van der Waals surface area (Å²) in [6.45, 7) is 7.01. The molecule has 4 aliphatic carbocycles. The third-order valence-electron chi connectivity index (χ3n) is 12.7. The molecule has 6 aliphatic rings. The minimum atomic E-state index is -1.58. The van der Waals surface area contributed by atoms with Crippen molar-refractivity contribution in [3.8, 4) is 0 Å². The first-order valence-corrected chi connectivity index (χ1v) is 19.0. The van der Waals surface area contributed by atoms with Gasteiger partial charge in [-0.15, -0.1) is 0 Å². The Labute approximate surface area is 304 Å². The largest absolute Gasteiger partial charge is 0.462 e. The van der Waals surface area contributed by atoms with Crippen molar-refractivity contribution >= 4 is 46.7 Å². The molecule has 0 N–H and O–H groups in total. The normalized spacial score (nSPS) is 45.8. The zero-order chi connectivity index (χ0) is 36.2. The van der Waals surface area contributed by atoms with Crippen LogP contribution in [-0.4, -0.2) is 98.2 Å². The Bertz CT molecular complexity index is 1350. The second-order valence-corrected chi connectivity index (χ2v) is 16.6. The summed E-state index contributed by atoms with van der Waals surface area (Å²) in [5.74, 6) is -4.00. The zero-order valence-electron chi connectivity index (χ0n) is 30.0. The van der Waals surface area contributed by atoms with Gasteiger partial charge in [0.25, 0.3) is 0 Å². The lowest BCUT2D eigenvalue weighted by molar-refractivity contribution is -0.314. The average Bonchev–Trinajstić information content (AvgIpc) is 3.65. The van der Waals surface area contributed by atoms with Gasteiger partial charge < -0.3 is 33.2 Å². The van der Waals surface area contributed by atoms with Crippen molar-refractivity contribution in [2.45, 2.75) is 126 Å². The molecule has 11 nitrogen and oxygen atoms in total. The summed E-state index contributed by atoms with van der Waals surface area (Å²) in [5.41, 5.74) is 0.505. The number of alkyl halides is 2. The van der Waals surface area contributed by atoms with E-state index in [0.29, 0.717) is 44.1 Å². The van der Waals surface area contributed by atoms with E-state index in [1.165, 1.54) is 6.92 Å². The molecule has 0 bridgehead atoms. The highest BCUT2D eigenvalue weighted by atomic mass is 35.5. The van der Waals surface area contributed by atoms with E-state index in [2.05, 4.69) is 0 Å². The first-order chi connectivity index (χ1) is 23.8. The fraction of sp³-hybridized carbons (Fsp3) is 0.838. The highest BCUT2D eigenvalue weighted by Gasteiger charge is 2.73. The van der Waals surface area contributed by atoms with E-state index in [-0.39, 0.29) is 78.0 Å². The summed E-state index contributed by atoms with van der Waals surface area (Å²) in [4.78, 5) is 53.9. The van der Waals surface area contributed by atoms with Crippen LogP contribution in [-0.2, 0) is 52.3 Å². The van der Waals surface area contributed by atoms with Crippen molar-refractivity contribution in [2.24, 2.45) is 47.3 Å². The third-order valence-corrected chi connectivity index (χ3v) is 13.6.